The van der Waals surface area contributed by atoms with Gasteiger partial charge in [0.1, 0.15) is 4.90 Å². The summed E-state index contributed by atoms with van der Waals surface area (Å²) in [7, 11) is -3.85. The van der Waals surface area contributed by atoms with E-state index in [1.807, 2.05) is 0 Å². The summed E-state index contributed by atoms with van der Waals surface area (Å²) in [5, 5.41) is 0.316. The van der Waals surface area contributed by atoms with Gasteiger partial charge in [0.25, 0.3) is 10.0 Å². The number of aromatic nitrogens is 2. The van der Waals surface area contributed by atoms with Crippen molar-refractivity contribution in [1.29, 1.82) is 0 Å². The minimum absolute atomic E-state index is 0.0419. The first-order chi connectivity index (χ1) is 8.90. The number of nitrogens with zero attached hydrogens (tertiary/aromatic N) is 2. The van der Waals surface area contributed by atoms with Crippen LogP contribution in [0.15, 0.2) is 35.5 Å². The average Bonchev–Trinajstić information content (AvgIpc) is 2.35. The van der Waals surface area contributed by atoms with Crippen molar-refractivity contribution in [2.45, 2.75) is 4.90 Å². The van der Waals surface area contributed by atoms with Crippen molar-refractivity contribution in [3.8, 4) is 0 Å². The molecule has 1 aromatic heterocycles. The number of rotatable bonds is 3. The SMILES string of the molecule is O=S(=O)(Nc1cccc(Cl)c1Cl)c1cnc(Cl)nc1. The van der Waals surface area contributed by atoms with Gasteiger partial charge in [-0.05, 0) is 23.7 Å². The third kappa shape index (κ3) is 3.27. The molecule has 0 bridgehead atoms. The van der Waals surface area contributed by atoms with Crippen LogP contribution < -0.4 is 4.72 Å². The van der Waals surface area contributed by atoms with Crippen LogP contribution in [0.4, 0.5) is 5.69 Å². The molecule has 1 N–H and O–H groups in total. The molecule has 0 amide bonds. The van der Waals surface area contributed by atoms with E-state index in [0.717, 1.165) is 12.4 Å². The molecule has 1 heterocycles. The largest absolute Gasteiger partial charge is 0.278 e. The lowest BCUT2D eigenvalue weighted by atomic mass is 10.3. The molecule has 0 saturated heterocycles. The summed E-state index contributed by atoms with van der Waals surface area (Å²) >= 11 is 17.2. The van der Waals surface area contributed by atoms with E-state index >= 15 is 0 Å². The fourth-order valence-electron chi connectivity index (χ4n) is 1.23. The van der Waals surface area contributed by atoms with Gasteiger partial charge >= 0.3 is 0 Å². The van der Waals surface area contributed by atoms with Gasteiger partial charge in [-0.25, -0.2) is 18.4 Å². The molecule has 9 heteroatoms. The highest BCUT2D eigenvalue weighted by molar-refractivity contribution is 7.92. The van der Waals surface area contributed by atoms with Crippen LogP contribution in [0.25, 0.3) is 0 Å². The second-order valence-electron chi connectivity index (χ2n) is 3.39. The molecule has 0 aliphatic rings. The summed E-state index contributed by atoms with van der Waals surface area (Å²) in [6.45, 7) is 0. The topological polar surface area (TPSA) is 72.0 Å². The highest BCUT2D eigenvalue weighted by atomic mass is 35.5. The van der Waals surface area contributed by atoms with Crippen molar-refractivity contribution in [2.75, 3.05) is 4.72 Å². The lowest BCUT2D eigenvalue weighted by molar-refractivity contribution is 0.600. The molecule has 0 radical (unpaired) electrons. The standard InChI is InChI=1S/C10H6Cl3N3O2S/c11-7-2-1-3-8(9(7)12)16-19(17,18)6-4-14-10(13)15-5-6/h1-5,16H. The van der Waals surface area contributed by atoms with E-state index in [2.05, 4.69) is 14.7 Å². The third-order valence-electron chi connectivity index (χ3n) is 2.10. The number of benzene rings is 1. The minimum atomic E-state index is -3.85. The van der Waals surface area contributed by atoms with E-state index in [1.165, 1.54) is 6.07 Å². The van der Waals surface area contributed by atoms with Gasteiger partial charge in [0, 0.05) is 0 Å². The van der Waals surface area contributed by atoms with Gasteiger partial charge in [0.05, 0.1) is 28.1 Å². The Labute approximate surface area is 124 Å². The highest BCUT2D eigenvalue weighted by Gasteiger charge is 2.17. The molecule has 0 atom stereocenters. The maximum Gasteiger partial charge on any atom is 0.265 e. The molecule has 100 valence electrons. The Balaban J connectivity index is 2.36. The number of sulfonamides is 1. The van der Waals surface area contributed by atoms with Crippen molar-refractivity contribution >= 4 is 50.5 Å². The van der Waals surface area contributed by atoms with Crippen LogP contribution in [0.5, 0.6) is 0 Å². The molecule has 0 aliphatic heterocycles. The monoisotopic (exact) mass is 337 g/mol. The van der Waals surface area contributed by atoms with Crippen molar-refractivity contribution < 1.29 is 8.42 Å². The molecule has 0 unspecified atom stereocenters. The van der Waals surface area contributed by atoms with Crippen LogP contribution in [-0.2, 0) is 10.0 Å². The maximum absolute atomic E-state index is 12.0. The first-order valence-corrected chi connectivity index (χ1v) is 7.46. The average molecular weight is 339 g/mol. The molecule has 19 heavy (non-hydrogen) atoms. The van der Waals surface area contributed by atoms with E-state index in [9.17, 15) is 8.42 Å². The maximum atomic E-state index is 12.0. The van der Waals surface area contributed by atoms with Crippen LogP contribution in [0.1, 0.15) is 0 Å². The summed E-state index contributed by atoms with van der Waals surface area (Å²) in [4.78, 5) is 7.07. The lowest BCUT2D eigenvalue weighted by Gasteiger charge is -2.09. The Morgan fingerprint density at radius 3 is 2.32 bits per heavy atom. The summed E-state index contributed by atoms with van der Waals surface area (Å²) in [6.07, 6.45) is 2.19. The summed E-state index contributed by atoms with van der Waals surface area (Å²) in [5.74, 6) is 0. The van der Waals surface area contributed by atoms with Gasteiger partial charge in [-0.2, -0.15) is 0 Å². The number of anilines is 1. The number of nitrogens with one attached hydrogen (secondary N) is 1. The fraction of sp³-hybridized carbons (Fsp3) is 0. The van der Waals surface area contributed by atoms with Gasteiger partial charge in [-0.3, -0.25) is 4.72 Å². The third-order valence-corrected chi connectivity index (χ3v) is 4.44. The zero-order chi connectivity index (χ0) is 14.0. The molecule has 1 aromatic carbocycles. The van der Waals surface area contributed by atoms with E-state index in [1.54, 1.807) is 12.1 Å². The lowest BCUT2D eigenvalue weighted by Crippen LogP contribution is -2.14. The predicted octanol–water partition coefficient (Wildman–Crippen LogP) is 3.24. The van der Waals surface area contributed by atoms with Crippen molar-refractivity contribution in [1.82, 2.24) is 9.97 Å². The molecule has 0 aliphatic carbocycles. The Bertz CT molecular complexity index is 704. The molecule has 2 rings (SSSR count). The molecule has 2 aromatic rings. The molecule has 0 fully saturated rings. The Kier molecular flexibility index (Phi) is 4.15. The summed E-state index contributed by atoms with van der Waals surface area (Å²) in [6, 6.07) is 4.61. The Morgan fingerprint density at radius 1 is 1.05 bits per heavy atom. The highest BCUT2D eigenvalue weighted by Crippen LogP contribution is 2.30. The first kappa shape index (κ1) is 14.3. The molecule has 0 saturated carbocycles. The van der Waals surface area contributed by atoms with Crippen LogP contribution in [-0.4, -0.2) is 18.4 Å². The second-order valence-corrected chi connectivity index (χ2v) is 6.20. The smallest absolute Gasteiger partial charge is 0.265 e. The number of hydrogen-bond acceptors (Lipinski definition) is 4. The van der Waals surface area contributed by atoms with Crippen LogP contribution in [0.3, 0.4) is 0 Å². The van der Waals surface area contributed by atoms with Crippen LogP contribution >= 0.6 is 34.8 Å². The predicted molar refractivity (Wildman–Crippen MR) is 74.3 cm³/mol. The van der Waals surface area contributed by atoms with Gasteiger partial charge in [0.15, 0.2) is 0 Å². The quantitative estimate of drug-likeness (QED) is 0.872. The Hall–Kier alpha value is -1.08. The number of halogens is 3. The first-order valence-electron chi connectivity index (χ1n) is 4.84. The van der Waals surface area contributed by atoms with E-state index in [-0.39, 0.29) is 25.9 Å². The Morgan fingerprint density at radius 2 is 1.68 bits per heavy atom. The van der Waals surface area contributed by atoms with Gasteiger partial charge in [-0.1, -0.05) is 29.3 Å². The van der Waals surface area contributed by atoms with Crippen molar-refractivity contribution in [2.24, 2.45) is 0 Å². The zero-order valence-corrected chi connectivity index (χ0v) is 12.2. The summed E-state index contributed by atoms with van der Waals surface area (Å²) in [5.41, 5.74) is 0.170. The number of hydrogen-bond donors (Lipinski definition) is 1. The second kappa shape index (κ2) is 5.50. The fourth-order valence-corrected chi connectivity index (χ4v) is 2.69. The molecular weight excluding hydrogens is 333 g/mol. The van der Waals surface area contributed by atoms with Crippen molar-refractivity contribution in [3.05, 3.63) is 45.9 Å². The molecule has 5 nitrogen and oxygen atoms in total. The van der Waals surface area contributed by atoms with E-state index in [0.29, 0.717) is 0 Å². The van der Waals surface area contributed by atoms with Gasteiger partial charge in [-0.15, -0.1) is 0 Å². The zero-order valence-electron chi connectivity index (χ0n) is 9.14. The normalized spacial score (nSPS) is 11.3. The molecule has 0 spiro atoms. The van der Waals surface area contributed by atoms with Crippen molar-refractivity contribution in [3.63, 3.8) is 0 Å². The van der Waals surface area contributed by atoms with E-state index in [4.69, 9.17) is 34.8 Å². The van der Waals surface area contributed by atoms with Crippen LogP contribution in [0.2, 0.25) is 15.3 Å². The van der Waals surface area contributed by atoms with Gasteiger partial charge < -0.3 is 0 Å². The van der Waals surface area contributed by atoms with Gasteiger partial charge in [0.2, 0.25) is 5.28 Å². The summed E-state index contributed by atoms with van der Waals surface area (Å²) < 4.78 is 26.4. The minimum Gasteiger partial charge on any atom is -0.278 e. The molecular formula is C10H6Cl3N3O2S. The van der Waals surface area contributed by atoms with Crippen LogP contribution in [0, 0.1) is 0 Å². The van der Waals surface area contributed by atoms with E-state index < -0.39 is 10.0 Å².